The van der Waals surface area contributed by atoms with E-state index in [1.165, 1.54) is 6.08 Å². The Hall–Kier alpha value is -4.02. The third-order valence-corrected chi connectivity index (χ3v) is 4.95. The number of terminal acetylenes is 2. The van der Waals surface area contributed by atoms with E-state index in [0.717, 1.165) is 0 Å². The first-order chi connectivity index (χ1) is 13.4. The fraction of sp³-hybridized carbons (Fsp3) is 0.0833. The highest BCUT2D eigenvalue weighted by Gasteiger charge is 2.40. The highest BCUT2D eigenvalue weighted by atomic mass is 16.4. The number of amides is 1. The van der Waals surface area contributed by atoms with Crippen LogP contribution in [0.4, 0.5) is 0 Å². The zero-order valence-electron chi connectivity index (χ0n) is 15.0. The SMILES string of the molecule is C#Cc1ccc(C2=C(C(=O)O)C=CC(C(N)=O)(c3ccc(C#C)cc3)C2)cc1. The van der Waals surface area contributed by atoms with E-state index >= 15 is 0 Å². The van der Waals surface area contributed by atoms with Crippen molar-refractivity contribution >= 4 is 17.4 Å². The largest absolute Gasteiger partial charge is 0.478 e. The van der Waals surface area contributed by atoms with Crippen LogP contribution in [-0.4, -0.2) is 17.0 Å². The number of carboxylic acids is 1. The predicted molar refractivity (Wildman–Crippen MR) is 108 cm³/mol. The molecular formula is C24H17NO3. The number of hydrogen-bond acceptors (Lipinski definition) is 2. The molecule has 0 heterocycles. The van der Waals surface area contributed by atoms with Crippen molar-refractivity contribution in [2.45, 2.75) is 11.8 Å². The van der Waals surface area contributed by atoms with Crippen LogP contribution < -0.4 is 5.73 Å². The number of carbonyl (C=O) groups excluding carboxylic acids is 1. The first-order valence-corrected chi connectivity index (χ1v) is 8.51. The molecule has 0 radical (unpaired) electrons. The Balaban J connectivity index is 2.15. The molecule has 1 atom stereocenters. The maximum Gasteiger partial charge on any atom is 0.335 e. The van der Waals surface area contributed by atoms with Crippen molar-refractivity contribution in [3.63, 3.8) is 0 Å². The van der Waals surface area contributed by atoms with Gasteiger partial charge in [0, 0.05) is 11.1 Å². The van der Waals surface area contributed by atoms with Gasteiger partial charge in [-0.3, -0.25) is 4.79 Å². The van der Waals surface area contributed by atoms with Crippen LogP contribution in [0.25, 0.3) is 5.57 Å². The van der Waals surface area contributed by atoms with Crippen LogP contribution in [0.3, 0.4) is 0 Å². The quantitative estimate of drug-likeness (QED) is 0.816. The fourth-order valence-electron chi connectivity index (χ4n) is 3.36. The van der Waals surface area contributed by atoms with Crippen LogP contribution in [0, 0.1) is 24.7 Å². The summed E-state index contributed by atoms with van der Waals surface area (Å²) < 4.78 is 0. The van der Waals surface area contributed by atoms with Crippen molar-refractivity contribution in [1.82, 2.24) is 0 Å². The number of hydrogen-bond donors (Lipinski definition) is 2. The molecule has 4 heteroatoms. The van der Waals surface area contributed by atoms with Crippen molar-refractivity contribution < 1.29 is 14.7 Å². The number of rotatable bonds is 4. The van der Waals surface area contributed by atoms with E-state index in [0.29, 0.717) is 27.8 Å². The van der Waals surface area contributed by atoms with Crippen molar-refractivity contribution in [3.05, 3.63) is 88.5 Å². The zero-order chi connectivity index (χ0) is 20.3. The standard InChI is InChI=1S/C24H17NO3/c1-3-16-5-9-18(10-6-16)21-15-24(23(25)28,14-13-20(21)22(26)27)19-11-7-17(4-2)8-12-19/h1-2,5-14H,15H2,(H2,25,28)(H,26,27). The van der Waals surface area contributed by atoms with E-state index in [-0.39, 0.29) is 12.0 Å². The van der Waals surface area contributed by atoms with Gasteiger partial charge in [-0.05, 0) is 53.5 Å². The van der Waals surface area contributed by atoms with Crippen LogP contribution in [0.2, 0.25) is 0 Å². The second-order valence-electron chi connectivity index (χ2n) is 6.49. The molecule has 0 bridgehead atoms. The van der Waals surface area contributed by atoms with E-state index < -0.39 is 17.3 Å². The molecule has 3 N–H and O–H groups in total. The van der Waals surface area contributed by atoms with Gasteiger partial charge in [0.25, 0.3) is 0 Å². The topological polar surface area (TPSA) is 80.4 Å². The van der Waals surface area contributed by atoms with Gasteiger partial charge in [0.1, 0.15) is 0 Å². The molecule has 136 valence electrons. The number of carboxylic acid groups (broad SMARTS) is 1. The predicted octanol–water partition coefficient (Wildman–Crippen LogP) is 2.87. The highest BCUT2D eigenvalue weighted by molar-refractivity contribution is 6.03. The van der Waals surface area contributed by atoms with Crippen molar-refractivity contribution in [2.24, 2.45) is 5.73 Å². The van der Waals surface area contributed by atoms with Gasteiger partial charge in [0.05, 0.1) is 11.0 Å². The number of carbonyl (C=O) groups is 2. The molecule has 1 amide bonds. The summed E-state index contributed by atoms with van der Waals surface area (Å²) in [4.78, 5) is 24.3. The van der Waals surface area contributed by atoms with E-state index in [4.69, 9.17) is 18.6 Å². The first-order valence-electron chi connectivity index (χ1n) is 8.51. The van der Waals surface area contributed by atoms with Gasteiger partial charge < -0.3 is 10.8 Å². The van der Waals surface area contributed by atoms with Crippen LogP contribution >= 0.6 is 0 Å². The summed E-state index contributed by atoms with van der Waals surface area (Å²) in [7, 11) is 0. The molecule has 2 aromatic carbocycles. The van der Waals surface area contributed by atoms with Gasteiger partial charge in [0.15, 0.2) is 0 Å². The Bertz CT molecular complexity index is 1090. The molecule has 1 aliphatic carbocycles. The minimum Gasteiger partial charge on any atom is -0.478 e. The molecule has 0 saturated heterocycles. The highest BCUT2D eigenvalue weighted by Crippen LogP contribution is 2.41. The molecule has 0 aromatic heterocycles. The molecule has 28 heavy (non-hydrogen) atoms. The molecule has 0 aliphatic heterocycles. The van der Waals surface area contributed by atoms with Crippen molar-refractivity contribution in [1.29, 1.82) is 0 Å². The van der Waals surface area contributed by atoms with E-state index in [1.54, 1.807) is 54.6 Å². The molecule has 0 fully saturated rings. The summed E-state index contributed by atoms with van der Waals surface area (Å²) in [5, 5.41) is 9.64. The lowest BCUT2D eigenvalue weighted by Crippen LogP contribution is -2.41. The van der Waals surface area contributed by atoms with Crippen LogP contribution in [0.15, 0.2) is 66.3 Å². The summed E-state index contributed by atoms with van der Waals surface area (Å²) in [6, 6.07) is 13.9. The molecular weight excluding hydrogens is 350 g/mol. The third-order valence-electron chi connectivity index (χ3n) is 4.95. The summed E-state index contributed by atoms with van der Waals surface area (Å²) in [5.41, 5.74) is 7.92. The van der Waals surface area contributed by atoms with E-state index in [9.17, 15) is 14.7 Å². The summed E-state index contributed by atoms with van der Waals surface area (Å²) in [6.07, 6.45) is 13.9. The Morgan fingerprint density at radius 3 is 1.96 bits per heavy atom. The molecule has 3 rings (SSSR count). The number of benzene rings is 2. The monoisotopic (exact) mass is 367 g/mol. The Labute approximate surface area is 163 Å². The van der Waals surface area contributed by atoms with E-state index in [2.05, 4.69) is 11.8 Å². The number of nitrogens with two attached hydrogens (primary N) is 1. The summed E-state index contributed by atoms with van der Waals surface area (Å²) in [6.45, 7) is 0. The number of aliphatic carboxylic acids is 1. The zero-order valence-corrected chi connectivity index (χ0v) is 15.0. The molecule has 4 nitrogen and oxygen atoms in total. The average molecular weight is 367 g/mol. The Morgan fingerprint density at radius 2 is 1.50 bits per heavy atom. The Morgan fingerprint density at radius 1 is 0.964 bits per heavy atom. The van der Waals surface area contributed by atoms with Crippen LogP contribution in [-0.2, 0) is 15.0 Å². The normalized spacial score (nSPS) is 18.2. The number of allylic oxidation sites excluding steroid dienone is 1. The van der Waals surface area contributed by atoms with Crippen LogP contribution in [0.5, 0.6) is 0 Å². The second kappa shape index (κ2) is 7.31. The van der Waals surface area contributed by atoms with Gasteiger partial charge in [0.2, 0.25) is 5.91 Å². The maximum absolute atomic E-state index is 12.5. The molecule has 2 aromatic rings. The summed E-state index contributed by atoms with van der Waals surface area (Å²) >= 11 is 0. The van der Waals surface area contributed by atoms with E-state index in [1.807, 2.05) is 0 Å². The van der Waals surface area contributed by atoms with Crippen molar-refractivity contribution in [2.75, 3.05) is 0 Å². The second-order valence-corrected chi connectivity index (χ2v) is 6.49. The lowest BCUT2D eigenvalue weighted by molar-refractivity contribution is -0.132. The maximum atomic E-state index is 12.5. The smallest absolute Gasteiger partial charge is 0.335 e. The molecule has 1 aliphatic rings. The van der Waals surface area contributed by atoms with Gasteiger partial charge in [-0.15, -0.1) is 12.8 Å². The van der Waals surface area contributed by atoms with Gasteiger partial charge in [-0.25, -0.2) is 4.79 Å². The number of primary amides is 1. The van der Waals surface area contributed by atoms with Crippen LogP contribution in [0.1, 0.15) is 28.7 Å². The lowest BCUT2D eigenvalue weighted by atomic mass is 9.69. The van der Waals surface area contributed by atoms with Gasteiger partial charge >= 0.3 is 5.97 Å². The van der Waals surface area contributed by atoms with Crippen molar-refractivity contribution in [3.8, 4) is 24.7 Å². The minimum absolute atomic E-state index is 0.116. The van der Waals surface area contributed by atoms with Gasteiger partial charge in [-0.2, -0.15) is 0 Å². The first kappa shape index (κ1) is 18.8. The third kappa shape index (κ3) is 3.20. The molecule has 0 spiro atoms. The molecule has 1 unspecified atom stereocenters. The average Bonchev–Trinajstić information content (AvgIpc) is 2.73. The summed E-state index contributed by atoms with van der Waals surface area (Å²) in [5.74, 6) is 3.41. The molecule has 0 saturated carbocycles. The Kier molecular flexibility index (Phi) is 4.90. The van der Waals surface area contributed by atoms with Gasteiger partial charge in [-0.1, -0.05) is 42.2 Å². The minimum atomic E-state index is -1.17. The fourth-order valence-corrected chi connectivity index (χ4v) is 3.36. The lowest BCUT2D eigenvalue weighted by Gasteiger charge is -2.32.